The van der Waals surface area contributed by atoms with Crippen molar-refractivity contribution in [3.05, 3.63) is 75.7 Å². The molecule has 9 nitrogen and oxygen atoms in total. The third-order valence-electron chi connectivity index (χ3n) is 6.11. The molecule has 1 saturated carbocycles. The predicted molar refractivity (Wildman–Crippen MR) is 113 cm³/mol. The molecule has 1 aliphatic rings. The molecule has 0 saturated heterocycles. The number of aromatic amines is 1. The summed E-state index contributed by atoms with van der Waals surface area (Å²) in [6, 6.07) is 5.97. The second kappa shape index (κ2) is 8.12. The third-order valence-corrected chi connectivity index (χ3v) is 6.11. The fourth-order valence-corrected chi connectivity index (χ4v) is 4.16. The quantitative estimate of drug-likeness (QED) is 0.496. The van der Waals surface area contributed by atoms with Gasteiger partial charge in [-0.15, -0.1) is 0 Å². The van der Waals surface area contributed by atoms with Gasteiger partial charge in [0.15, 0.2) is 11.3 Å². The molecule has 0 radical (unpaired) electrons. The second-order valence-corrected chi connectivity index (χ2v) is 7.95. The Balaban J connectivity index is 1.58. The first-order chi connectivity index (χ1) is 16.0. The number of nitrogens with zero attached hydrogens (tertiary/aromatic N) is 7. The van der Waals surface area contributed by atoms with Crippen molar-refractivity contribution in [3.63, 3.8) is 0 Å². The van der Waals surface area contributed by atoms with Crippen LogP contribution in [0.15, 0.2) is 41.6 Å². The lowest BCUT2D eigenvalue weighted by molar-refractivity contribution is 0.146. The first kappa shape index (κ1) is 20.8. The van der Waals surface area contributed by atoms with Gasteiger partial charge in [0.05, 0.1) is 6.04 Å². The van der Waals surface area contributed by atoms with E-state index < -0.39 is 18.0 Å². The number of hydrogen-bond donors (Lipinski definition) is 1. The summed E-state index contributed by atoms with van der Waals surface area (Å²) < 4.78 is 27.2. The molecule has 0 bridgehead atoms. The normalized spacial score (nSPS) is 18.8. The van der Waals surface area contributed by atoms with Crippen molar-refractivity contribution in [3.8, 4) is 6.07 Å². The number of hydrogen-bond acceptors (Lipinski definition) is 7. The molecular formula is C22H18F2N8O. The molecule has 1 aliphatic carbocycles. The van der Waals surface area contributed by atoms with Gasteiger partial charge in [0.1, 0.15) is 28.8 Å². The maximum absolute atomic E-state index is 12.9. The number of rotatable bonds is 5. The van der Waals surface area contributed by atoms with Crippen molar-refractivity contribution in [2.45, 2.75) is 44.1 Å². The van der Waals surface area contributed by atoms with Crippen LogP contribution in [0.25, 0.3) is 11.0 Å². The largest absolute Gasteiger partial charge is 0.310 e. The van der Waals surface area contributed by atoms with E-state index in [0.717, 1.165) is 12.8 Å². The molecule has 5 rings (SSSR count). The summed E-state index contributed by atoms with van der Waals surface area (Å²) in [5.41, 5.74) is 0.0261. The maximum atomic E-state index is 12.9. The van der Waals surface area contributed by atoms with E-state index >= 15 is 0 Å². The third kappa shape index (κ3) is 3.53. The van der Waals surface area contributed by atoms with E-state index in [1.807, 2.05) is 6.07 Å². The Morgan fingerprint density at radius 2 is 1.94 bits per heavy atom. The monoisotopic (exact) mass is 448 g/mol. The highest BCUT2D eigenvalue weighted by molar-refractivity contribution is 5.80. The molecular weight excluding hydrogens is 430 g/mol. The van der Waals surface area contributed by atoms with Gasteiger partial charge in [0, 0.05) is 30.4 Å². The van der Waals surface area contributed by atoms with Crippen molar-refractivity contribution >= 4 is 11.0 Å². The topological polar surface area (TPSA) is 126 Å². The van der Waals surface area contributed by atoms with Crippen molar-refractivity contribution in [2.75, 3.05) is 0 Å². The Kier molecular flexibility index (Phi) is 5.12. The lowest BCUT2D eigenvalue weighted by Gasteiger charge is -2.34. The smallest absolute Gasteiger partial charge is 0.280 e. The maximum Gasteiger partial charge on any atom is 0.280 e. The lowest BCUT2D eigenvalue weighted by atomic mass is 9.72. The zero-order chi connectivity index (χ0) is 23.1. The van der Waals surface area contributed by atoms with E-state index in [1.165, 1.54) is 23.0 Å². The summed E-state index contributed by atoms with van der Waals surface area (Å²) in [6.07, 6.45) is 3.72. The molecule has 33 heavy (non-hydrogen) atoms. The van der Waals surface area contributed by atoms with Crippen LogP contribution in [-0.2, 0) is 0 Å². The summed E-state index contributed by atoms with van der Waals surface area (Å²) in [5.74, 6) is 1.14. The number of halogens is 2. The minimum absolute atomic E-state index is 0.0297. The molecule has 0 unspecified atom stereocenters. The van der Waals surface area contributed by atoms with Gasteiger partial charge in [0.25, 0.3) is 12.0 Å². The van der Waals surface area contributed by atoms with E-state index in [9.17, 15) is 18.8 Å². The Morgan fingerprint density at radius 1 is 1.18 bits per heavy atom. The summed E-state index contributed by atoms with van der Waals surface area (Å²) in [5, 5.41) is 13.9. The number of aromatic nitrogens is 7. The number of alkyl halides is 2. The highest BCUT2D eigenvalue weighted by Crippen LogP contribution is 2.46. The summed E-state index contributed by atoms with van der Waals surface area (Å²) in [4.78, 5) is 32.9. The second-order valence-electron chi connectivity index (χ2n) is 7.95. The number of fused-ring (bicyclic) bond motifs is 1. The molecule has 0 aromatic carbocycles. The Morgan fingerprint density at radius 3 is 2.55 bits per heavy atom. The van der Waals surface area contributed by atoms with Crippen LogP contribution in [0.1, 0.15) is 72.7 Å². The summed E-state index contributed by atoms with van der Waals surface area (Å²) >= 11 is 0. The Hall–Kier alpha value is -4.07. The van der Waals surface area contributed by atoms with Crippen molar-refractivity contribution in [2.24, 2.45) is 0 Å². The number of nitrogens with one attached hydrogen (secondary N) is 1. The first-order valence-electron chi connectivity index (χ1n) is 10.4. The van der Waals surface area contributed by atoms with Gasteiger partial charge >= 0.3 is 0 Å². The van der Waals surface area contributed by atoms with Crippen LogP contribution < -0.4 is 5.56 Å². The van der Waals surface area contributed by atoms with Crippen LogP contribution >= 0.6 is 0 Å². The first-order valence-corrected chi connectivity index (χ1v) is 10.4. The fourth-order valence-electron chi connectivity index (χ4n) is 4.16. The molecule has 4 aromatic rings. The van der Waals surface area contributed by atoms with Crippen LogP contribution in [0.2, 0.25) is 0 Å². The highest BCUT2D eigenvalue weighted by atomic mass is 19.3. The number of H-pyrrole nitrogens is 1. The SMILES string of the molecule is C[C@@H](c1ccc(C(F)F)nc1)n1nc(C#N)c2c(=O)[nH]c([C@@H]3CC[C@@H]3c3ncccn3)nc21. The molecule has 0 amide bonds. The fraction of sp³-hybridized carbons (Fsp3) is 0.318. The Labute approximate surface area is 186 Å². The van der Waals surface area contributed by atoms with Crippen LogP contribution in [0.3, 0.4) is 0 Å². The van der Waals surface area contributed by atoms with Crippen molar-refractivity contribution in [1.82, 2.24) is 34.7 Å². The number of pyridine rings is 1. The molecule has 0 spiro atoms. The van der Waals surface area contributed by atoms with Crippen LogP contribution in [-0.4, -0.2) is 34.7 Å². The van der Waals surface area contributed by atoms with Gasteiger partial charge in [-0.05, 0) is 37.5 Å². The van der Waals surface area contributed by atoms with E-state index in [0.29, 0.717) is 17.2 Å². The standard InChI is InChI=1S/C22H18F2N8O/c1-11(12-3-6-15(18(23)24)28-10-12)32-21-17(16(9-25)31-32)22(33)30-20(29-21)14-5-4-13(14)19-26-7-2-8-27-19/h2-3,6-8,10-11,13-14,18H,4-5H2,1H3,(H,29,30,33)/t11-,13-,14+/m0/s1. The zero-order valence-corrected chi connectivity index (χ0v) is 17.5. The van der Waals surface area contributed by atoms with Gasteiger partial charge in [-0.2, -0.15) is 10.4 Å². The van der Waals surface area contributed by atoms with Gasteiger partial charge in [0.2, 0.25) is 0 Å². The highest BCUT2D eigenvalue weighted by Gasteiger charge is 2.37. The van der Waals surface area contributed by atoms with Crippen molar-refractivity contribution < 1.29 is 8.78 Å². The molecule has 4 heterocycles. The van der Waals surface area contributed by atoms with Gasteiger partial charge in [-0.3, -0.25) is 9.78 Å². The molecule has 3 atom stereocenters. The molecule has 0 aliphatic heterocycles. The van der Waals surface area contributed by atoms with E-state index in [4.69, 9.17) is 4.98 Å². The molecule has 166 valence electrons. The van der Waals surface area contributed by atoms with Crippen LogP contribution in [0, 0.1) is 11.3 Å². The number of nitriles is 1. The predicted octanol–water partition coefficient (Wildman–Crippen LogP) is 3.38. The minimum Gasteiger partial charge on any atom is -0.310 e. The zero-order valence-electron chi connectivity index (χ0n) is 17.5. The van der Waals surface area contributed by atoms with E-state index in [1.54, 1.807) is 25.4 Å². The van der Waals surface area contributed by atoms with Crippen LogP contribution in [0.5, 0.6) is 0 Å². The van der Waals surface area contributed by atoms with Gasteiger partial charge in [-0.1, -0.05) is 6.07 Å². The molecule has 11 heteroatoms. The summed E-state index contributed by atoms with van der Waals surface area (Å²) in [6.45, 7) is 1.78. The minimum atomic E-state index is -2.67. The van der Waals surface area contributed by atoms with E-state index in [-0.39, 0.29) is 34.3 Å². The van der Waals surface area contributed by atoms with Gasteiger partial charge in [-0.25, -0.2) is 28.4 Å². The average molecular weight is 448 g/mol. The molecule has 1 fully saturated rings. The molecule has 4 aromatic heterocycles. The Bertz CT molecular complexity index is 1410. The summed E-state index contributed by atoms with van der Waals surface area (Å²) in [7, 11) is 0. The average Bonchev–Trinajstić information content (AvgIpc) is 3.18. The van der Waals surface area contributed by atoms with Crippen molar-refractivity contribution in [1.29, 1.82) is 5.26 Å². The molecule has 1 N–H and O–H groups in total. The lowest BCUT2D eigenvalue weighted by Crippen LogP contribution is -2.28. The van der Waals surface area contributed by atoms with Crippen LogP contribution in [0.4, 0.5) is 8.78 Å². The van der Waals surface area contributed by atoms with Gasteiger partial charge < -0.3 is 4.98 Å². The van der Waals surface area contributed by atoms with E-state index in [2.05, 4.69) is 25.0 Å².